The largest absolute Gasteiger partial charge is 0.487 e. The first-order chi connectivity index (χ1) is 10.4. The molecule has 0 fully saturated rings. The van der Waals surface area contributed by atoms with Crippen molar-refractivity contribution in [2.75, 3.05) is 52.9 Å². The van der Waals surface area contributed by atoms with Gasteiger partial charge in [0.1, 0.15) is 13.2 Å². The monoisotopic (exact) mass is 294 g/mol. The summed E-state index contributed by atoms with van der Waals surface area (Å²) in [5, 5.41) is 0. The Labute approximate surface area is 125 Å². The second kappa shape index (κ2) is 9.39. The normalized spacial score (nSPS) is 18.3. The van der Waals surface area contributed by atoms with Crippen LogP contribution < -0.4 is 9.47 Å². The fourth-order valence-corrected chi connectivity index (χ4v) is 1.92. The molecule has 0 saturated heterocycles. The average molecular weight is 294 g/mol. The minimum absolute atomic E-state index is 0.456. The molecule has 0 N–H and O–H groups in total. The van der Waals surface area contributed by atoms with E-state index in [2.05, 4.69) is 6.58 Å². The number of para-hydroxylation sites is 1. The SMILES string of the molecule is C=Cc1cccc2c1OCCOCCOCCOCCO2. The average Bonchev–Trinajstić information content (AvgIpc) is 2.52. The van der Waals surface area contributed by atoms with Gasteiger partial charge in [-0.1, -0.05) is 24.8 Å². The molecule has 5 heteroatoms. The lowest BCUT2D eigenvalue weighted by atomic mass is 10.2. The molecule has 0 spiro atoms. The predicted molar refractivity (Wildman–Crippen MR) is 80.0 cm³/mol. The van der Waals surface area contributed by atoms with Gasteiger partial charge in [-0.2, -0.15) is 0 Å². The van der Waals surface area contributed by atoms with Crippen molar-refractivity contribution < 1.29 is 23.7 Å². The fourth-order valence-electron chi connectivity index (χ4n) is 1.92. The number of ether oxygens (including phenoxy) is 5. The zero-order valence-corrected chi connectivity index (χ0v) is 12.2. The Bertz CT molecular complexity index is 433. The lowest BCUT2D eigenvalue weighted by molar-refractivity contribution is 0.00707. The second-order valence-corrected chi connectivity index (χ2v) is 4.41. The lowest BCUT2D eigenvalue weighted by Crippen LogP contribution is -2.13. The Morgan fingerprint density at radius 1 is 0.762 bits per heavy atom. The molecule has 0 aromatic heterocycles. The van der Waals surface area contributed by atoms with Crippen LogP contribution in [0, 0.1) is 0 Å². The van der Waals surface area contributed by atoms with Crippen molar-refractivity contribution in [1.29, 1.82) is 0 Å². The quantitative estimate of drug-likeness (QED) is 0.794. The molecule has 0 atom stereocenters. The van der Waals surface area contributed by atoms with Gasteiger partial charge in [0.15, 0.2) is 11.5 Å². The van der Waals surface area contributed by atoms with Crippen LogP contribution in [0.1, 0.15) is 5.56 Å². The number of benzene rings is 1. The van der Waals surface area contributed by atoms with Crippen molar-refractivity contribution in [3.05, 3.63) is 30.3 Å². The summed E-state index contributed by atoms with van der Waals surface area (Å²) in [5.74, 6) is 1.39. The van der Waals surface area contributed by atoms with Gasteiger partial charge in [-0.3, -0.25) is 0 Å². The van der Waals surface area contributed by atoms with E-state index in [0.29, 0.717) is 64.4 Å². The van der Waals surface area contributed by atoms with Crippen molar-refractivity contribution in [2.45, 2.75) is 0 Å². The van der Waals surface area contributed by atoms with Crippen LogP contribution in [0.4, 0.5) is 0 Å². The lowest BCUT2D eigenvalue weighted by Gasteiger charge is -2.15. The standard InChI is InChI=1S/C16H22O5/c1-2-14-4-3-5-15-16(14)21-13-11-19-9-7-17-6-8-18-10-12-20-15/h2-5H,1,6-13H2. The van der Waals surface area contributed by atoms with Crippen LogP contribution in [-0.2, 0) is 14.2 Å². The summed E-state index contributed by atoms with van der Waals surface area (Å²) in [6.07, 6.45) is 1.75. The van der Waals surface area contributed by atoms with E-state index in [1.807, 2.05) is 18.2 Å². The highest BCUT2D eigenvalue weighted by atomic mass is 16.6. The van der Waals surface area contributed by atoms with Crippen molar-refractivity contribution in [1.82, 2.24) is 0 Å². The highest BCUT2D eigenvalue weighted by Gasteiger charge is 2.09. The van der Waals surface area contributed by atoms with Crippen LogP contribution in [0.15, 0.2) is 24.8 Å². The summed E-state index contributed by atoms with van der Waals surface area (Å²) in [4.78, 5) is 0. The van der Waals surface area contributed by atoms with Gasteiger partial charge in [0, 0.05) is 5.56 Å². The maximum Gasteiger partial charge on any atom is 0.168 e. The Hall–Kier alpha value is -1.56. The summed E-state index contributed by atoms with van der Waals surface area (Å²) in [5.41, 5.74) is 0.904. The number of fused-ring (bicyclic) bond motifs is 1. The van der Waals surface area contributed by atoms with Gasteiger partial charge in [-0.25, -0.2) is 0 Å². The molecule has 5 nitrogen and oxygen atoms in total. The maximum atomic E-state index is 5.78. The van der Waals surface area contributed by atoms with Crippen LogP contribution >= 0.6 is 0 Å². The Morgan fingerprint density at radius 2 is 1.33 bits per heavy atom. The molecule has 1 aliphatic rings. The molecule has 1 aromatic carbocycles. The Balaban J connectivity index is 2.02. The smallest absolute Gasteiger partial charge is 0.168 e. The summed E-state index contributed by atoms with van der Waals surface area (Å²) >= 11 is 0. The first-order valence-corrected chi connectivity index (χ1v) is 7.16. The van der Waals surface area contributed by atoms with Crippen LogP contribution in [-0.4, -0.2) is 52.9 Å². The highest BCUT2D eigenvalue weighted by molar-refractivity contribution is 5.61. The van der Waals surface area contributed by atoms with Gasteiger partial charge in [0.05, 0.1) is 39.6 Å². The summed E-state index contributed by atoms with van der Waals surface area (Å²) in [6, 6.07) is 5.73. The molecular weight excluding hydrogens is 272 g/mol. The third kappa shape index (κ3) is 5.38. The topological polar surface area (TPSA) is 46.2 Å². The van der Waals surface area contributed by atoms with Crippen molar-refractivity contribution in [3.8, 4) is 11.5 Å². The van der Waals surface area contributed by atoms with Gasteiger partial charge in [-0.15, -0.1) is 0 Å². The zero-order valence-electron chi connectivity index (χ0n) is 12.2. The maximum absolute atomic E-state index is 5.78. The predicted octanol–water partition coefficient (Wildman–Crippen LogP) is 2.15. The molecule has 1 aromatic rings. The molecule has 1 heterocycles. The molecule has 21 heavy (non-hydrogen) atoms. The van der Waals surface area contributed by atoms with E-state index < -0.39 is 0 Å². The van der Waals surface area contributed by atoms with Gasteiger partial charge < -0.3 is 23.7 Å². The summed E-state index contributed by atoms with van der Waals surface area (Å²) in [7, 11) is 0. The molecule has 1 aliphatic heterocycles. The number of hydrogen-bond donors (Lipinski definition) is 0. The second-order valence-electron chi connectivity index (χ2n) is 4.41. The highest BCUT2D eigenvalue weighted by Crippen LogP contribution is 2.32. The molecule has 2 rings (SSSR count). The van der Waals surface area contributed by atoms with Crippen LogP contribution in [0.5, 0.6) is 11.5 Å². The molecule has 0 saturated carbocycles. The van der Waals surface area contributed by atoms with Gasteiger partial charge in [0.2, 0.25) is 0 Å². The zero-order chi connectivity index (χ0) is 14.8. The van der Waals surface area contributed by atoms with E-state index in [4.69, 9.17) is 23.7 Å². The number of hydrogen-bond acceptors (Lipinski definition) is 5. The van der Waals surface area contributed by atoms with Crippen LogP contribution in [0.25, 0.3) is 6.08 Å². The molecular formula is C16H22O5. The van der Waals surface area contributed by atoms with Crippen molar-refractivity contribution >= 4 is 6.08 Å². The minimum atomic E-state index is 0.456. The van der Waals surface area contributed by atoms with Crippen LogP contribution in [0.3, 0.4) is 0 Å². The van der Waals surface area contributed by atoms with E-state index >= 15 is 0 Å². The van der Waals surface area contributed by atoms with Gasteiger partial charge >= 0.3 is 0 Å². The van der Waals surface area contributed by atoms with E-state index in [-0.39, 0.29) is 0 Å². The van der Waals surface area contributed by atoms with Crippen LogP contribution in [0.2, 0.25) is 0 Å². The van der Waals surface area contributed by atoms with Gasteiger partial charge in [0.25, 0.3) is 0 Å². The van der Waals surface area contributed by atoms with E-state index in [0.717, 1.165) is 5.56 Å². The molecule has 0 unspecified atom stereocenters. The Kier molecular flexibility index (Phi) is 7.07. The van der Waals surface area contributed by atoms with Crippen molar-refractivity contribution in [3.63, 3.8) is 0 Å². The summed E-state index contributed by atoms with van der Waals surface area (Å²) < 4.78 is 27.7. The first-order valence-electron chi connectivity index (χ1n) is 7.16. The molecule has 0 radical (unpaired) electrons. The number of rotatable bonds is 1. The first kappa shape index (κ1) is 15.8. The molecule has 0 bridgehead atoms. The molecule has 0 aliphatic carbocycles. The summed E-state index contributed by atoms with van der Waals surface area (Å²) in [6.45, 7) is 7.98. The van der Waals surface area contributed by atoms with E-state index in [1.54, 1.807) is 6.08 Å². The van der Waals surface area contributed by atoms with E-state index in [9.17, 15) is 0 Å². The fraction of sp³-hybridized carbons (Fsp3) is 0.500. The molecule has 0 amide bonds. The van der Waals surface area contributed by atoms with Crippen molar-refractivity contribution in [2.24, 2.45) is 0 Å². The third-order valence-electron chi connectivity index (χ3n) is 2.93. The third-order valence-corrected chi connectivity index (χ3v) is 2.93. The van der Waals surface area contributed by atoms with Gasteiger partial charge in [-0.05, 0) is 6.07 Å². The Morgan fingerprint density at radius 3 is 1.95 bits per heavy atom. The molecule has 116 valence electrons. The minimum Gasteiger partial charge on any atom is -0.487 e. The van der Waals surface area contributed by atoms with E-state index in [1.165, 1.54) is 0 Å².